The molecule has 0 nitrogen and oxygen atoms in total. The van der Waals surface area contributed by atoms with E-state index in [1.165, 1.54) is 64.2 Å². The zero-order valence-corrected chi connectivity index (χ0v) is 14.8. The van der Waals surface area contributed by atoms with Gasteiger partial charge in [-0.1, -0.05) is 78.1 Å². The summed E-state index contributed by atoms with van der Waals surface area (Å²) in [5.41, 5.74) is 0. The largest absolute Gasteiger partial charge is 0.343 e. The quantitative estimate of drug-likeness (QED) is 0.239. The molecule has 0 aromatic heterocycles. The third-order valence-electron chi connectivity index (χ3n) is 2.71. The van der Waals surface area contributed by atoms with E-state index in [1.807, 2.05) is 15.4 Å². The van der Waals surface area contributed by atoms with E-state index in [0.717, 1.165) is 12.8 Å². The third kappa shape index (κ3) is 36.0. The van der Waals surface area contributed by atoms with Crippen LogP contribution in [-0.4, -0.2) is 15.4 Å². The van der Waals surface area contributed by atoms with Crippen molar-refractivity contribution in [1.29, 1.82) is 0 Å². The molecule has 0 aliphatic carbocycles. The van der Waals surface area contributed by atoms with E-state index in [9.17, 15) is 0 Å². The van der Waals surface area contributed by atoms with Crippen LogP contribution in [0.4, 0.5) is 0 Å². The molecule has 0 bridgehead atoms. The van der Waals surface area contributed by atoms with Crippen molar-refractivity contribution in [3.63, 3.8) is 0 Å². The van der Waals surface area contributed by atoms with Crippen molar-refractivity contribution in [3.8, 4) is 0 Å². The minimum atomic E-state index is 1.11. The van der Waals surface area contributed by atoms with E-state index in [2.05, 4.69) is 37.7 Å². The van der Waals surface area contributed by atoms with Crippen molar-refractivity contribution in [1.82, 2.24) is 0 Å². The van der Waals surface area contributed by atoms with Gasteiger partial charge in [0.15, 0.2) is 0 Å². The van der Waals surface area contributed by atoms with Gasteiger partial charge in [-0.05, 0) is 0 Å². The Hall–Kier alpha value is 0.822. The van der Waals surface area contributed by atoms with Crippen LogP contribution in [0.15, 0.2) is 0 Å². The van der Waals surface area contributed by atoms with Crippen LogP contribution >= 0.6 is 10.0 Å². The fourth-order valence-corrected chi connectivity index (χ4v) is 1.56. The molecule has 108 valence electrons. The molecule has 0 amide bonds. The van der Waals surface area contributed by atoms with Crippen LogP contribution in [0.1, 0.15) is 90.9 Å². The zero-order chi connectivity index (χ0) is 14.5. The van der Waals surface area contributed by atoms with Gasteiger partial charge >= 0.3 is 25.4 Å². The normalized spacial score (nSPS) is 9.06. The Morgan fingerprint density at radius 2 is 0.889 bits per heavy atom. The van der Waals surface area contributed by atoms with Gasteiger partial charge in [-0.3, -0.25) is 0 Å². The minimum absolute atomic E-state index is 1.11. The number of rotatable bonds is 10. The second kappa shape index (κ2) is 30.7. The van der Waals surface area contributed by atoms with Gasteiger partial charge in [-0.25, -0.2) is 0 Å². The van der Waals surface area contributed by atoms with Gasteiger partial charge in [0.25, 0.3) is 0 Å². The molecular formula is C16H34AlCl. The monoisotopic (exact) mass is 288 g/mol. The van der Waals surface area contributed by atoms with Crippen molar-refractivity contribution in [2.45, 2.75) is 90.9 Å². The molecule has 18 heavy (non-hydrogen) atoms. The Labute approximate surface area is 130 Å². The Morgan fingerprint density at radius 3 is 1.11 bits per heavy atom. The van der Waals surface area contributed by atoms with Gasteiger partial charge in [-0.15, -0.1) is 0 Å². The van der Waals surface area contributed by atoms with Gasteiger partial charge < -0.3 is 13.8 Å². The van der Waals surface area contributed by atoms with Crippen molar-refractivity contribution < 1.29 is 0 Å². The maximum atomic E-state index is 4.56. The molecule has 0 N–H and O–H groups in total. The van der Waals surface area contributed by atoms with Crippen LogP contribution in [0.2, 0.25) is 0 Å². The molecule has 0 unspecified atom stereocenters. The second-order valence-electron chi connectivity index (χ2n) is 4.54. The van der Waals surface area contributed by atoms with E-state index in [1.54, 1.807) is 0 Å². The SMILES string of the molecule is [Al+2][Cl].[CH2-]CCCCCCC.[CH2-]CCCCCCC. The molecule has 0 saturated carbocycles. The molecule has 0 heterocycles. The smallest absolute Gasteiger partial charge is 0.0534 e. The molecule has 0 aliphatic heterocycles. The summed E-state index contributed by atoms with van der Waals surface area (Å²) in [5, 5.41) is 0. The molecule has 0 radical (unpaired) electrons. The predicted octanol–water partition coefficient (Wildman–Crippen LogP) is 6.67. The molecule has 0 aromatic carbocycles. The summed E-state index contributed by atoms with van der Waals surface area (Å²) in [6.45, 7) is 12.0. The Bertz CT molecular complexity index is 73.1. The third-order valence-corrected chi connectivity index (χ3v) is 2.71. The molecule has 0 rings (SSSR count). The first-order chi connectivity index (χ1) is 8.83. The fraction of sp³-hybridized carbons (Fsp3) is 0.875. The van der Waals surface area contributed by atoms with Crippen molar-refractivity contribution >= 4 is 25.4 Å². The second-order valence-corrected chi connectivity index (χ2v) is 4.54. The summed E-state index contributed by atoms with van der Waals surface area (Å²) in [5.74, 6) is 0. The van der Waals surface area contributed by atoms with Crippen LogP contribution in [0.5, 0.6) is 0 Å². The molecule has 0 spiro atoms. The van der Waals surface area contributed by atoms with E-state index >= 15 is 0 Å². The summed E-state index contributed by atoms with van der Waals surface area (Å²) < 4.78 is 0. The Kier molecular flexibility index (Phi) is 40.7. The summed E-state index contributed by atoms with van der Waals surface area (Å²) in [6, 6.07) is 0. The van der Waals surface area contributed by atoms with Crippen LogP contribution in [-0.2, 0) is 0 Å². The summed E-state index contributed by atoms with van der Waals surface area (Å²) in [6.07, 6.45) is 16.0. The van der Waals surface area contributed by atoms with E-state index in [4.69, 9.17) is 0 Å². The van der Waals surface area contributed by atoms with E-state index < -0.39 is 0 Å². The molecule has 0 atom stereocenters. The van der Waals surface area contributed by atoms with Gasteiger partial charge in [-0.2, -0.15) is 12.8 Å². The average molecular weight is 289 g/mol. The van der Waals surface area contributed by atoms with E-state index in [-0.39, 0.29) is 0 Å². The molecule has 0 aliphatic rings. The Balaban J connectivity index is -0.000000219. The molecule has 0 fully saturated rings. The first-order valence-electron chi connectivity index (χ1n) is 7.63. The van der Waals surface area contributed by atoms with Crippen LogP contribution in [0.3, 0.4) is 0 Å². The first kappa shape index (κ1) is 23.9. The number of unbranched alkanes of at least 4 members (excludes halogenated alkanes) is 10. The molecule has 0 aromatic rings. The first-order valence-corrected chi connectivity index (χ1v) is 9.38. The zero-order valence-electron chi connectivity index (χ0n) is 12.9. The van der Waals surface area contributed by atoms with Crippen LogP contribution < -0.4 is 0 Å². The summed E-state index contributed by atoms with van der Waals surface area (Å²) in [7, 11) is 4.56. The average Bonchev–Trinajstić information content (AvgIpc) is 2.43. The predicted molar refractivity (Wildman–Crippen MR) is 89.1 cm³/mol. The standard InChI is InChI=1S/2C8H17.Al.ClH/c2*1-3-5-7-8-6-4-2;;/h2*1,3-8H2,2H3;;1H/q2*-1;+3;/p-1. The van der Waals surface area contributed by atoms with Gasteiger partial charge in [0.1, 0.15) is 0 Å². The fourth-order valence-electron chi connectivity index (χ4n) is 1.56. The Morgan fingerprint density at radius 1 is 0.611 bits per heavy atom. The maximum Gasteiger partial charge on any atom is -0.0534 e. The summed E-state index contributed by atoms with van der Waals surface area (Å²) >= 11 is 1.89. The van der Waals surface area contributed by atoms with Crippen molar-refractivity contribution in [2.24, 2.45) is 0 Å². The van der Waals surface area contributed by atoms with Crippen molar-refractivity contribution in [3.05, 3.63) is 13.8 Å². The number of halogens is 1. The molecule has 0 saturated heterocycles. The maximum absolute atomic E-state index is 4.56. The summed E-state index contributed by atoms with van der Waals surface area (Å²) in [4.78, 5) is 0. The molecular weight excluding hydrogens is 255 g/mol. The van der Waals surface area contributed by atoms with Gasteiger partial charge in [0.05, 0.1) is 0 Å². The van der Waals surface area contributed by atoms with Gasteiger partial charge in [0, 0.05) is 0 Å². The molecule has 2 heteroatoms. The van der Waals surface area contributed by atoms with Crippen LogP contribution in [0.25, 0.3) is 0 Å². The van der Waals surface area contributed by atoms with Gasteiger partial charge in [0.2, 0.25) is 0 Å². The minimum Gasteiger partial charge on any atom is -0.343 e. The van der Waals surface area contributed by atoms with E-state index in [0.29, 0.717) is 0 Å². The number of hydrogen-bond acceptors (Lipinski definition) is 0. The topological polar surface area (TPSA) is 0 Å². The van der Waals surface area contributed by atoms with Crippen molar-refractivity contribution in [2.75, 3.05) is 0 Å². The number of hydrogen-bond donors (Lipinski definition) is 0. The van der Waals surface area contributed by atoms with Crippen LogP contribution in [0, 0.1) is 13.8 Å².